The Hall–Kier alpha value is -1.27. The van der Waals surface area contributed by atoms with Crippen LogP contribution in [0.2, 0.25) is 0 Å². The average Bonchev–Trinajstić information content (AvgIpc) is 2.64. The van der Waals surface area contributed by atoms with Crippen LogP contribution in [0.25, 0.3) is 0 Å². The topological polar surface area (TPSA) is 60.4 Å². The van der Waals surface area contributed by atoms with Crippen LogP contribution in [-0.2, 0) is 15.9 Å². The highest BCUT2D eigenvalue weighted by atomic mass is 16.5. The monoisotopic (exact) mass is 350 g/mol. The molecule has 0 aromatic carbocycles. The minimum Gasteiger partial charge on any atom is -0.364 e. The van der Waals surface area contributed by atoms with Crippen LogP contribution in [0.1, 0.15) is 76.9 Å². The molecular weight excluding hydrogens is 316 g/mol. The minimum absolute atomic E-state index is 0.417. The van der Waals surface area contributed by atoms with Gasteiger partial charge < -0.3 is 9.47 Å². The number of unbranched alkanes of at least 4 members (excludes halogenated alkanes) is 1. The van der Waals surface area contributed by atoms with Gasteiger partial charge in [0.05, 0.1) is 0 Å². The van der Waals surface area contributed by atoms with Crippen LogP contribution in [-0.4, -0.2) is 42.1 Å². The van der Waals surface area contributed by atoms with Gasteiger partial charge in [0, 0.05) is 26.1 Å². The lowest BCUT2D eigenvalue weighted by Gasteiger charge is -2.27. The SMILES string of the molecule is CCCCOCN(COC)c1nc(CC)nc(C2CCC(C)CC2)n1. The predicted molar refractivity (Wildman–Crippen MR) is 99.7 cm³/mol. The summed E-state index contributed by atoms with van der Waals surface area (Å²) >= 11 is 0. The summed E-state index contributed by atoms with van der Waals surface area (Å²) in [4.78, 5) is 16.1. The van der Waals surface area contributed by atoms with Gasteiger partial charge in [0.1, 0.15) is 25.1 Å². The number of aryl methyl sites for hydroxylation is 1. The summed E-state index contributed by atoms with van der Waals surface area (Å²) in [5.74, 6) is 3.75. The van der Waals surface area contributed by atoms with E-state index in [1.807, 2.05) is 4.90 Å². The van der Waals surface area contributed by atoms with Gasteiger partial charge in [-0.25, -0.2) is 4.98 Å². The minimum atomic E-state index is 0.417. The Balaban J connectivity index is 2.14. The van der Waals surface area contributed by atoms with E-state index in [-0.39, 0.29) is 0 Å². The van der Waals surface area contributed by atoms with Gasteiger partial charge >= 0.3 is 0 Å². The molecule has 1 saturated carbocycles. The third-order valence-corrected chi connectivity index (χ3v) is 4.84. The smallest absolute Gasteiger partial charge is 0.232 e. The zero-order chi connectivity index (χ0) is 18.1. The summed E-state index contributed by atoms with van der Waals surface area (Å²) in [6, 6.07) is 0. The molecule has 0 amide bonds. The second-order valence-electron chi connectivity index (χ2n) is 7.07. The molecule has 0 bridgehead atoms. The van der Waals surface area contributed by atoms with E-state index in [1.54, 1.807) is 7.11 Å². The first-order chi connectivity index (χ1) is 12.2. The van der Waals surface area contributed by atoms with Gasteiger partial charge in [-0.3, -0.25) is 4.90 Å². The number of anilines is 1. The lowest BCUT2D eigenvalue weighted by molar-refractivity contribution is 0.101. The van der Waals surface area contributed by atoms with Crippen molar-refractivity contribution >= 4 is 5.95 Å². The fraction of sp³-hybridized carbons (Fsp3) is 0.842. The van der Waals surface area contributed by atoms with Gasteiger partial charge in [-0.2, -0.15) is 9.97 Å². The summed E-state index contributed by atoms with van der Waals surface area (Å²) in [5.41, 5.74) is 0. The third kappa shape index (κ3) is 6.19. The summed E-state index contributed by atoms with van der Waals surface area (Å²) in [5, 5.41) is 0. The van der Waals surface area contributed by atoms with Crippen LogP contribution < -0.4 is 4.90 Å². The predicted octanol–water partition coefficient (Wildman–Crippen LogP) is 3.91. The van der Waals surface area contributed by atoms with Gasteiger partial charge in [-0.15, -0.1) is 0 Å². The molecule has 25 heavy (non-hydrogen) atoms. The molecule has 1 heterocycles. The van der Waals surface area contributed by atoms with Crippen molar-refractivity contribution in [3.63, 3.8) is 0 Å². The highest BCUT2D eigenvalue weighted by molar-refractivity contribution is 5.29. The van der Waals surface area contributed by atoms with E-state index in [0.29, 0.717) is 25.3 Å². The molecule has 1 aromatic heterocycles. The second kappa shape index (κ2) is 10.7. The molecule has 6 nitrogen and oxygen atoms in total. The van der Waals surface area contributed by atoms with E-state index in [1.165, 1.54) is 25.7 Å². The second-order valence-corrected chi connectivity index (χ2v) is 7.07. The average molecular weight is 351 g/mol. The highest BCUT2D eigenvalue weighted by Crippen LogP contribution is 2.34. The van der Waals surface area contributed by atoms with Crippen molar-refractivity contribution in [1.29, 1.82) is 0 Å². The Morgan fingerprint density at radius 2 is 1.80 bits per heavy atom. The third-order valence-electron chi connectivity index (χ3n) is 4.84. The molecule has 6 heteroatoms. The fourth-order valence-corrected chi connectivity index (χ4v) is 3.16. The number of methoxy groups -OCH3 is 1. The molecule has 1 aromatic rings. The van der Waals surface area contributed by atoms with Crippen molar-refractivity contribution in [2.24, 2.45) is 5.92 Å². The number of hydrogen-bond acceptors (Lipinski definition) is 6. The lowest BCUT2D eigenvalue weighted by atomic mass is 9.82. The number of hydrogen-bond donors (Lipinski definition) is 0. The first kappa shape index (κ1) is 20.0. The molecule has 1 fully saturated rings. The van der Waals surface area contributed by atoms with Crippen LogP contribution in [0.15, 0.2) is 0 Å². The van der Waals surface area contributed by atoms with Crippen LogP contribution in [0.5, 0.6) is 0 Å². The standard InChI is InChI=1S/C19H34N4O2/c1-5-7-12-25-14-23(13-24-4)19-21-17(6-2)20-18(22-19)16-10-8-15(3)9-11-16/h15-16H,5-14H2,1-4H3. The van der Waals surface area contributed by atoms with Crippen LogP contribution in [0.4, 0.5) is 5.95 Å². The number of nitrogens with zero attached hydrogens (tertiary/aromatic N) is 4. The Morgan fingerprint density at radius 3 is 2.44 bits per heavy atom. The van der Waals surface area contributed by atoms with Crippen LogP contribution in [0, 0.1) is 5.92 Å². The Kier molecular flexibility index (Phi) is 8.55. The van der Waals surface area contributed by atoms with E-state index < -0.39 is 0 Å². The Morgan fingerprint density at radius 1 is 1.04 bits per heavy atom. The Labute approximate surface area is 152 Å². The van der Waals surface area contributed by atoms with Crippen molar-refractivity contribution in [3.05, 3.63) is 11.6 Å². The van der Waals surface area contributed by atoms with E-state index >= 15 is 0 Å². The van der Waals surface area contributed by atoms with Crippen molar-refractivity contribution in [3.8, 4) is 0 Å². The van der Waals surface area contributed by atoms with Crippen molar-refractivity contribution in [2.75, 3.05) is 32.1 Å². The van der Waals surface area contributed by atoms with Gasteiger partial charge in [0.15, 0.2) is 0 Å². The van der Waals surface area contributed by atoms with Crippen LogP contribution in [0.3, 0.4) is 0 Å². The molecule has 0 unspecified atom stereocenters. The molecular formula is C19H34N4O2. The van der Waals surface area contributed by atoms with Crippen molar-refractivity contribution in [1.82, 2.24) is 15.0 Å². The van der Waals surface area contributed by atoms with E-state index in [4.69, 9.17) is 19.4 Å². The van der Waals surface area contributed by atoms with Gasteiger partial charge in [0.2, 0.25) is 5.95 Å². The summed E-state index contributed by atoms with van der Waals surface area (Å²) in [6.45, 7) is 8.19. The molecule has 1 aliphatic carbocycles. The van der Waals surface area contributed by atoms with E-state index in [9.17, 15) is 0 Å². The van der Waals surface area contributed by atoms with Gasteiger partial charge in [0.25, 0.3) is 0 Å². The van der Waals surface area contributed by atoms with Crippen molar-refractivity contribution in [2.45, 2.75) is 71.6 Å². The number of rotatable bonds is 10. The summed E-state index contributed by atoms with van der Waals surface area (Å²) in [7, 11) is 1.68. The molecule has 0 radical (unpaired) electrons. The molecule has 0 aliphatic heterocycles. The Bertz CT molecular complexity index is 504. The molecule has 1 aliphatic rings. The maximum Gasteiger partial charge on any atom is 0.232 e. The largest absolute Gasteiger partial charge is 0.364 e. The van der Waals surface area contributed by atoms with Crippen LogP contribution >= 0.6 is 0 Å². The number of ether oxygens (including phenoxy) is 2. The molecule has 0 spiro atoms. The number of aromatic nitrogens is 3. The highest BCUT2D eigenvalue weighted by Gasteiger charge is 2.24. The van der Waals surface area contributed by atoms with E-state index in [2.05, 4.69) is 25.8 Å². The maximum atomic E-state index is 5.76. The first-order valence-corrected chi connectivity index (χ1v) is 9.74. The fourth-order valence-electron chi connectivity index (χ4n) is 3.16. The molecule has 142 valence electrons. The van der Waals surface area contributed by atoms with Crippen molar-refractivity contribution < 1.29 is 9.47 Å². The summed E-state index contributed by atoms with van der Waals surface area (Å²) < 4.78 is 11.1. The zero-order valence-corrected chi connectivity index (χ0v) is 16.3. The maximum absolute atomic E-state index is 5.76. The lowest BCUT2D eigenvalue weighted by Crippen LogP contribution is -2.31. The van der Waals surface area contributed by atoms with Gasteiger partial charge in [-0.1, -0.05) is 40.0 Å². The molecule has 0 atom stereocenters. The quantitative estimate of drug-likeness (QED) is 0.471. The zero-order valence-electron chi connectivity index (χ0n) is 16.3. The first-order valence-electron chi connectivity index (χ1n) is 9.74. The molecule has 0 saturated heterocycles. The summed E-state index contributed by atoms with van der Waals surface area (Å²) in [6.07, 6.45) is 7.85. The van der Waals surface area contributed by atoms with E-state index in [0.717, 1.165) is 43.4 Å². The molecule has 0 N–H and O–H groups in total. The molecule has 2 rings (SSSR count). The normalized spacial score (nSPS) is 20.6. The van der Waals surface area contributed by atoms with Gasteiger partial charge in [-0.05, 0) is 25.2 Å².